The topological polar surface area (TPSA) is 51.8 Å². The third-order valence-corrected chi connectivity index (χ3v) is 2.42. The summed E-state index contributed by atoms with van der Waals surface area (Å²) in [7, 11) is 0. The molecular formula is C13H14F3N3. The minimum absolute atomic E-state index is 0. The van der Waals surface area contributed by atoms with Crippen LogP contribution in [0.25, 0.3) is 11.1 Å². The van der Waals surface area contributed by atoms with Crippen LogP contribution in [0.1, 0.15) is 18.7 Å². The van der Waals surface area contributed by atoms with E-state index in [4.69, 9.17) is 5.73 Å². The van der Waals surface area contributed by atoms with Gasteiger partial charge >= 0.3 is 6.18 Å². The van der Waals surface area contributed by atoms with E-state index in [0.29, 0.717) is 17.7 Å². The van der Waals surface area contributed by atoms with Gasteiger partial charge in [-0.2, -0.15) is 13.2 Å². The summed E-state index contributed by atoms with van der Waals surface area (Å²) in [5.74, 6) is 0. The molecular weight excluding hydrogens is 255 g/mol. The third kappa shape index (κ3) is 3.51. The van der Waals surface area contributed by atoms with Gasteiger partial charge in [0.05, 0.1) is 0 Å². The average molecular weight is 269 g/mol. The first-order valence-electron chi connectivity index (χ1n) is 5.18. The Hall–Kier alpha value is -1.95. The molecule has 2 aromatic rings. The molecule has 0 aromatic carbocycles. The van der Waals surface area contributed by atoms with Gasteiger partial charge in [-0.05, 0) is 17.7 Å². The summed E-state index contributed by atoms with van der Waals surface area (Å²) < 4.78 is 37.0. The highest BCUT2D eigenvalue weighted by Crippen LogP contribution is 2.28. The van der Waals surface area contributed by atoms with E-state index in [-0.39, 0.29) is 7.43 Å². The van der Waals surface area contributed by atoms with Crippen LogP contribution >= 0.6 is 0 Å². The van der Waals surface area contributed by atoms with Crippen molar-refractivity contribution in [2.75, 3.05) is 0 Å². The number of hydrogen-bond donors (Lipinski definition) is 1. The van der Waals surface area contributed by atoms with Crippen molar-refractivity contribution in [2.45, 2.75) is 20.1 Å². The molecule has 0 amide bonds. The second-order valence-electron chi connectivity index (χ2n) is 3.72. The van der Waals surface area contributed by atoms with Crippen LogP contribution in [-0.4, -0.2) is 9.97 Å². The van der Waals surface area contributed by atoms with E-state index in [1.807, 2.05) is 0 Å². The maximum atomic E-state index is 12.3. The van der Waals surface area contributed by atoms with Crippen molar-refractivity contribution < 1.29 is 13.2 Å². The molecule has 6 heteroatoms. The van der Waals surface area contributed by atoms with Crippen molar-refractivity contribution in [1.29, 1.82) is 0 Å². The van der Waals surface area contributed by atoms with Crippen molar-refractivity contribution in [1.82, 2.24) is 9.97 Å². The van der Waals surface area contributed by atoms with Gasteiger partial charge in [0.25, 0.3) is 0 Å². The van der Waals surface area contributed by atoms with E-state index < -0.39 is 11.9 Å². The molecule has 2 aromatic heterocycles. The Kier molecular flexibility index (Phi) is 4.61. The van der Waals surface area contributed by atoms with E-state index in [0.717, 1.165) is 11.6 Å². The monoisotopic (exact) mass is 269 g/mol. The lowest BCUT2D eigenvalue weighted by molar-refractivity contribution is -0.141. The van der Waals surface area contributed by atoms with E-state index in [9.17, 15) is 13.2 Å². The summed E-state index contributed by atoms with van der Waals surface area (Å²) in [6.07, 6.45) is -0.0690. The van der Waals surface area contributed by atoms with Gasteiger partial charge in [-0.15, -0.1) is 0 Å². The minimum Gasteiger partial charge on any atom is -0.326 e. The van der Waals surface area contributed by atoms with E-state index >= 15 is 0 Å². The van der Waals surface area contributed by atoms with Gasteiger partial charge in [-0.1, -0.05) is 13.5 Å². The van der Waals surface area contributed by atoms with Crippen molar-refractivity contribution in [3.63, 3.8) is 0 Å². The van der Waals surface area contributed by atoms with Gasteiger partial charge in [-0.25, -0.2) is 0 Å². The highest BCUT2D eigenvalue weighted by molar-refractivity contribution is 5.62. The molecule has 0 spiro atoms. The van der Waals surface area contributed by atoms with Crippen molar-refractivity contribution in [3.8, 4) is 11.1 Å². The Bertz CT molecular complexity index is 536. The van der Waals surface area contributed by atoms with Crippen LogP contribution in [0.2, 0.25) is 0 Å². The normalized spacial score (nSPS) is 10.9. The van der Waals surface area contributed by atoms with Crippen LogP contribution in [0.3, 0.4) is 0 Å². The fourth-order valence-corrected chi connectivity index (χ4v) is 1.49. The Morgan fingerprint density at radius 1 is 1.05 bits per heavy atom. The van der Waals surface area contributed by atoms with Crippen LogP contribution in [0.4, 0.5) is 13.2 Å². The SMILES string of the molecule is C.NCc1cncc(-c2ccc(C(F)(F)F)nc2)c1. The Morgan fingerprint density at radius 3 is 2.32 bits per heavy atom. The van der Waals surface area contributed by atoms with Crippen LogP contribution in [0, 0.1) is 0 Å². The van der Waals surface area contributed by atoms with Gasteiger partial charge in [0.15, 0.2) is 0 Å². The predicted octanol–water partition coefficient (Wildman–Crippen LogP) is 3.26. The first-order valence-corrected chi connectivity index (χ1v) is 5.18. The van der Waals surface area contributed by atoms with Gasteiger partial charge in [0, 0.05) is 36.3 Å². The highest BCUT2D eigenvalue weighted by Gasteiger charge is 2.32. The summed E-state index contributed by atoms with van der Waals surface area (Å²) >= 11 is 0. The lowest BCUT2D eigenvalue weighted by Gasteiger charge is -2.07. The van der Waals surface area contributed by atoms with Crippen molar-refractivity contribution in [3.05, 3.63) is 48.0 Å². The smallest absolute Gasteiger partial charge is 0.326 e. The summed E-state index contributed by atoms with van der Waals surface area (Å²) in [6, 6.07) is 4.09. The molecule has 3 nitrogen and oxygen atoms in total. The number of hydrogen-bond acceptors (Lipinski definition) is 3. The lowest BCUT2D eigenvalue weighted by atomic mass is 10.1. The largest absolute Gasteiger partial charge is 0.433 e. The fraction of sp³-hybridized carbons (Fsp3) is 0.231. The standard InChI is InChI=1S/C12H10F3N3.CH4/c13-12(14,15)11-2-1-9(7-18-11)10-3-8(4-16)5-17-6-10;/h1-3,5-7H,4,16H2;1H4. The van der Waals surface area contributed by atoms with Crippen LogP contribution < -0.4 is 5.73 Å². The van der Waals surface area contributed by atoms with E-state index in [1.54, 1.807) is 18.5 Å². The van der Waals surface area contributed by atoms with E-state index in [2.05, 4.69) is 9.97 Å². The molecule has 2 N–H and O–H groups in total. The zero-order valence-electron chi connectivity index (χ0n) is 9.28. The molecule has 0 aliphatic carbocycles. The summed E-state index contributed by atoms with van der Waals surface area (Å²) in [6.45, 7) is 0.328. The highest BCUT2D eigenvalue weighted by atomic mass is 19.4. The minimum atomic E-state index is -4.42. The first kappa shape index (κ1) is 15.1. The molecule has 0 saturated carbocycles. The summed E-state index contributed by atoms with van der Waals surface area (Å²) in [5, 5.41) is 0. The number of pyridine rings is 2. The zero-order chi connectivity index (χ0) is 13.2. The van der Waals surface area contributed by atoms with Gasteiger partial charge in [0.2, 0.25) is 0 Å². The molecule has 0 unspecified atom stereocenters. The molecule has 0 bridgehead atoms. The molecule has 2 heterocycles. The Labute approximate surface area is 109 Å². The van der Waals surface area contributed by atoms with Gasteiger partial charge in [-0.3, -0.25) is 9.97 Å². The Morgan fingerprint density at radius 2 is 1.79 bits per heavy atom. The second-order valence-corrected chi connectivity index (χ2v) is 3.72. The number of alkyl halides is 3. The number of halogens is 3. The number of nitrogens with two attached hydrogens (primary N) is 1. The molecule has 2 rings (SSSR count). The lowest BCUT2D eigenvalue weighted by Crippen LogP contribution is -2.07. The summed E-state index contributed by atoms with van der Waals surface area (Å²) in [5.41, 5.74) is 6.65. The summed E-state index contributed by atoms with van der Waals surface area (Å²) in [4.78, 5) is 7.37. The van der Waals surface area contributed by atoms with Crippen molar-refractivity contribution >= 4 is 0 Å². The molecule has 0 saturated heterocycles. The zero-order valence-corrected chi connectivity index (χ0v) is 9.28. The molecule has 0 aliphatic heterocycles. The van der Waals surface area contributed by atoms with Crippen LogP contribution in [0.5, 0.6) is 0 Å². The van der Waals surface area contributed by atoms with Gasteiger partial charge < -0.3 is 5.73 Å². The Balaban J connectivity index is 0.00000180. The molecule has 0 radical (unpaired) electrons. The predicted molar refractivity (Wildman–Crippen MR) is 67.1 cm³/mol. The van der Waals surface area contributed by atoms with Crippen LogP contribution in [0.15, 0.2) is 36.8 Å². The second kappa shape index (κ2) is 5.79. The van der Waals surface area contributed by atoms with Crippen molar-refractivity contribution in [2.24, 2.45) is 5.73 Å². The maximum absolute atomic E-state index is 12.3. The maximum Gasteiger partial charge on any atom is 0.433 e. The molecule has 0 atom stereocenters. The third-order valence-electron chi connectivity index (χ3n) is 2.42. The molecule has 102 valence electrons. The number of nitrogens with zero attached hydrogens (tertiary/aromatic N) is 2. The quantitative estimate of drug-likeness (QED) is 0.910. The number of aromatic nitrogens is 2. The fourth-order valence-electron chi connectivity index (χ4n) is 1.49. The van der Waals surface area contributed by atoms with Gasteiger partial charge in [0.1, 0.15) is 5.69 Å². The average Bonchev–Trinajstić information content (AvgIpc) is 2.38. The number of rotatable bonds is 2. The van der Waals surface area contributed by atoms with Crippen LogP contribution in [-0.2, 0) is 12.7 Å². The molecule has 19 heavy (non-hydrogen) atoms. The first-order chi connectivity index (χ1) is 8.50. The molecule has 0 aliphatic rings. The molecule has 0 fully saturated rings. The van der Waals surface area contributed by atoms with E-state index in [1.165, 1.54) is 12.3 Å².